The minimum absolute atomic E-state index is 0.0744. The van der Waals surface area contributed by atoms with Crippen LogP contribution in [0.2, 0.25) is 5.02 Å². The molecule has 0 aliphatic heterocycles. The van der Waals surface area contributed by atoms with E-state index in [0.29, 0.717) is 0 Å². The third kappa shape index (κ3) is 4.52. The summed E-state index contributed by atoms with van der Waals surface area (Å²) in [6, 6.07) is 1.14. The summed E-state index contributed by atoms with van der Waals surface area (Å²) in [6.45, 7) is 5.04. The van der Waals surface area contributed by atoms with Gasteiger partial charge >= 0.3 is 6.18 Å². The number of hydrogen-bond donors (Lipinski definition) is 1. The molecule has 1 aliphatic rings. The van der Waals surface area contributed by atoms with E-state index in [-0.39, 0.29) is 18.4 Å². The molecule has 25 heavy (non-hydrogen) atoms. The molecule has 2 nitrogen and oxygen atoms in total. The minimum atomic E-state index is -4.32. The van der Waals surface area contributed by atoms with Gasteiger partial charge in [0.15, 0.2) is 0 Å². The highest BCUT2D eigenvalue weighted by Crippen LogP contribution is 2.50. The van der Waals surface area contributed by atoms with Crippen molar-refractivity contribution in [3.05, 3.63) is 34.4 Å². The molecule has 1 aromatic rings. The van der Waals surface area contributed by atoms with Gasteiger partial charge < -0.3 is 0 Å². The molecule has 9 heteroatoms. The standard InChI is InChI=1S/C16H19ClF5NOS/c1-15(2,3)25(24)23-14(8-6-9(7-8)16(20,21)22)10-4-5-11(18)12(17)13(10)19/h4-5,8-9,14,23H,6-7H2,1-3H3/t8?,9?,14-,25+/m0/s1. The number of rotatable bonds is 4. The van der Waals surface area contributed by atoms with Crippen molar-refractivity contribution in [3.8, 4) is 0 Å². The van der Waals surface area contributed by atoms with Gasteiger partial charge in [0.1, 0.15) is 16.7 Å². The molecule has 0 radical (unpaired) electrons. The summed E-state index contributed by atoms with van der Waals surface area (Å²) in [5.74, 6) is -4.04. The molecule has 1 aliphatic carbocycles. The Morgan fingerprint density at radius 1 is 1.20 bits per heavy atom. The maximum absolute atomic E-state index is 14.4. The van der Waals surface area contributed by atoms with Crippen LogP contribution in [0.5, 0.6) is 0 Å². The molecule has 0 amide bonds. The van der Waals surface area contributed by atoms with Crippen LogP contribution in [0.25, 0.3) is 0 Å². The van der Waals surface area contributed by atoms with Crippen molar-refractivity contribution in [1.82, 2.24) is 4.72 Å². The van der Waals surface area contributed by atoms with Crippen LogP contribution < -0.4 is 4.72 Å². The summed E-state index contributed by atoms with van der Waals surface area (Å²) in [6.07, 6.45) is -4.74. The molecule has 2 atom stereocenters. The second-order valence-corrected chi connectivity index (χ2v) is 9.59. The topological polar surface area (TPSA) is 29.1 Å². The van der Waals surface area contributed by atoms with Gasteiger partial charge in [-0.1, -0.05) is 17.7 Å². The van der Waals surface area contributed by atoms with E-state index >= 15 is 0 Å². The molecular formula is C16H19ClF5NOS. The first-order valence-corrected chi connectivity index (χ1v) is 9.23. The molecule has 1 aromatic carbocycles. The van der Waals surface area contributed by atoms with Gasteiger partial charge in [-0.05, 0) is 45.6 Å². The monoisotopic (exact) mass is 403 g/mol. The van der Waals surface area contributed by atoms with Crippen molar-refractivity contribution in [2.45, 2.75) is 50.6 Å². The Balaban J connectivity index is 2.31. The van der Waals surface area contributed by atoms with Crippen molar-refractivity contribution in [3.63, 3.8) is 0 Å². The second-order valence-electron chi connectivity index (χ2n) is 7.21. The first-order chi connectivity index (χ1) is 11.3. The molecule has 0 aromatic heterocycles. The molecule has 1 fully saturated rings. The van der Waals surface area contributed by atoms with Crippen LogP contribution in [-0.4, -0.2) is 15.1 Å². The van der Waals surface area contributed by atoms with Gasteiger partial charge in [-0.2, -0.15) is 13.2 Å². The fraction of sp³-hybridized carbons (Fsp3) is 0.625. The van der Waals surface area contributed by atoms with Crippen LogP contribution in [0.3, 0.4) is 0 Å². The van der Waals surface area contributed by atoms with Gasteiger partial charge in [-0.25, -0.2) is 17.7 Å². The Morgan fingerprint density at radius 2 is 1.76 bits per heavy atom. The van der Waals surface area contributed by atoms with E-state index in [0.717, 1.165) is 12.1 Å². The first kappa shape index (κ1) is 20.6. The molecule has 2 rings (SSSR count). The number of halogens is 6. The SMILES string of the molecule is CC(C)(C)[S@@](=O)N[C@H](c1ccc(F)c(Cl)c1F)C1CC(C(F)(F)F)C1. The molecule has 0 heterocycles. The van der Waals surface area contributed by atoms with E-state index in [9.17, 15) is 26.2 Å². The third-order valence-electron chi connectivity index (χ3n) is 4.30. The Labute approximate surface area is 150 Å². The van der Waals surface area contributed by atoms with E-state index in [4.69, 9.17) is 11.6 Å². The average Bonchev–Trinajstić information content (AvgIpc) is 2.40. The van der Waals surface area contributed by atoms with Crippen molar-refractivity contribution in [1.29, 1.82) is 0 Å². The smallest absolute Gasteiger partial charge is 0.242 e. The van der Waals surface area contributed by atoms with Crippen molar-refractivity contribution in [2.75, 3.05) is 0 Å². The summed E-state index contributed by atoms with van der Waals surface area (Å²) in [5.41, 5.74) is -0.0744. The van der Waals surface area contributed by atoms with Crippen LogP contribution in [0, 0.1) is 23.5 Å². The third-order valence-corrected chi connectivity index (χ3v) is 6.23. The van der Waals surface area contributed by atoms with E-state index in [1.807, 2.05) is 0 Å². The zero-order valence-electron chi connectivity index (χ0n) is 13.9. The molecule has 0 bridgehead atoms. The summed E-state index contributed by atoms with van der Waals surface area (Å²) >= 11 is 5.59. The molecule has 142 valence electrons. The lowest BCUT2D eigenvalue weighted by molar-refractivity contribution is -0.206. The second kappa shape index (κ2) is 7.12. The predicted octanol–water partition coefficient (Wildman–Crippen LogP) is 5.30. The Hall–Kier alpha value is -0.730. The van der Waals surface area contributed by atoms with Crippen molar-refractivity contribution < 1.29 is 26.2 Å². The normalized spacial score (nSPS) is 23.9. The van der Waals surface area contributed by atoms with E-state index < -0.39 is 56.4 Å². The maximum atomic E-state index is 14.4. The van der Waals surface area contributed by atoms with Gasteiger partial charge in [0.2, 0.25) is 0 Å². The minimum Gasteiger partial charge on any atom is -0.242 e. The number of hydrogen-bond acceptors (Lipinski definition) is 1. The lowest BCUT2D eigenvalue weighted by atomic mass is 9.69. The van der Waals surface area contributed by atoms with Crippen molar-refractivity contribution >= 4 is 22.6 Å². The zero-order chi connectivity index (χ0) is 19.2. The van der Waals surface area contributed by atoms with Crippen molar-refractivity contribution in [2.24, 2.45) is 11.8 Å². The van der Waals surface area contributed by atoms with E-state index in [2.05, 4.69) is 4.72 Å². The summed E-state index contributed by atoms with van der Waals surface area (Å²) in [5, 5.41) is -0.725. The highest BCUT2D eigenvalue weighted by Gasteiger charge is 2.50. The van der Waals surface area contributed by atoms with Crippen LogP contribution in [0.15, 0.2) is 12.1 Å². The van der Waals surface area contributed by atoms with E-state index in [1.54, 1.807) is 20.8 Å². The number of benzene rings is 1. The molecule has 1 N–H and O–H groups in total. The highest BCUT2D eigenvalue weighted by molar-refractivity contribution is 7.84. The van der Waals surface area contributed by atoms with Gasteiger partial charge in [-0.3, -0.25) is 0 Å². The molecule has 1 saturated carbocycles. The summed E-state index contributed by atoms with van der Waals surface area (Å²) in [4.78, 5) is 0. The lowest BCUT2D eigenvalue weighted by Crippen LogP contribution is -2.45. The van der Waals surface area contributed by atoms with Gasteiger partial charge in [0, 0.05) is 5.56 Å². The number of nitrogens with one attached hydrogen (secondary N) is 1. The average molecular weight is 404 g/mol. The Kier molecular flexibility index (Phi) is 5.86. The van der Waals surface area contributed by atoms with Crippen LogP contribution >= 0.6 is 11.6 Å². The summed E-state index contributed by atoms with van der Waals surface area (Å²) < 4.78 is 80.5. The fourth-order valence-corrected chi connectivity index (χ4v) is 3.76. The lowest BCUT2D eigenvalue weighted by Gasteiger charge is -2.42. The first-order valence-electron chi connectivity index (χ1n) is 7.70. The number of alkyl halides is 3. The molecule has 0 spiro atoms. The maximum Gasteiger partial charge on any atom is 0.391 e. The van der Waals surface area contributed by atoms with E-state index in [1.165, 1.54) is 0 Å². The molecule has 0 unspecified atom stereocenters. The molecule has 0 saturated heterocycles. The summed E-state index contributed by atoms with van der Waals surface area (Å²) in [7, 11) is -1.64. The quantitative estimate of drug-likeness (QED) is 0.536. The molecular weight excluding hydrogens is 385 g/mol. The largest absolute Gasteiger partial charge is 0.391 e. The van der Waals surface area contributed by atoms with Crippen LogP contribution in [-0.2, 0) is 11.0 Å². The zero-order valence-corrected chi connectivity index (χ0v) is 15.5. The van der Waals surface area contributed by atoms with Crippen LogP contribution in [0.4, 0.5) is 22.0 Å². The fourth-order valence-electron chi connectivity index (χ4n) is 2.69. The Bertz CT molecular complexity index is 668. The van der Waals surface area contributed by atoms with Crippen LogP contribution in [0.1, 0.15) is 45.2 Å². The van der Waals surface area contributed by atoms with Gasteiger partial charge in [0.05, 0.1) is 27.7 Å². The van der Waals surface area contributed by atoms with Gasteiger partial charge in [-0.15, -0.1) is 0 Å². The Morgan fingerprint density at radius 3 is 2.24 bits per heavy atom. The van der Waals surface area contributed by atoms with Gasteiger partial charge in [0.25, 0.3) is 0 Å². The highest BCUT2D eigenvalue weighted by atomic mass is 35.5. The predicted molar refractivity (Wildman–Crippen MR) is 87.4 cm³/mol.